The van der Waals surface area contributed by atoms with Crippen LogP contribution in [0.25, 0.3) is 10.9 Å². The highest BCUT2D eigenvalue weighted by molar-refractivity contribution is 7.89. The molecule has 38 heavy (non-hydrogen) atoms. The van der Waals surface area contributed by atoms with Gasteiger partial charge in [-0.1, -0.05) is 11.6 Å². The summed E-state index contributed by atoms with van der Waals surface area (Å²) in [7, 11) is -0.548. The number of hydrogen-bond acceptors (Lipinski definition) is 7. The number of alkyl halides is 3. The lowest BCUT2D eigenvalue weighted by Gasteiger charge is -2.18. The van der Waals surface area contributed by atoms with Crippen LogP contribution < -0.4 is 26.8 Å². The molecule has 0 unspecified atom stereocenters. The van der Waals surface area contributed by atoms with Gasteiger partial charge in [-0.3, -0.25) is 34.4 Å². The van der Waals surface area contributed by atoms with Gasteiger partial charge in [-0.05, 0) is 36.4 Å². The van der Waals surface area contributed by atoms with Crippen LogP contribution >= 0.6 is 11.6 Å². The first-order valence-corrected chi connectivity index (χ1v) is 12.2. The van der Waals surface area contributed by atoms with E-state index in [0.717, 1.165) is 35.9 Å². The summed E-state index contributed by atoms with van der Waals surface area (Å²) in [6.07, 6.45) is -4.99. The molecule has 0 spiro atoms. The number of rotatable bonds is 6. The number of aromatic nitrogens is 2. The number of ether oxygens (including phenoxy) is 1. The number of sulfonamides is 1. The van der Waals surface area contributed by atoms with E-state index in [4.69, 9.17) is 11.6 Å². The lowest BCUT2D eigenvalue weighted by molar-refractivity contribution is -0.274. The summed E-state index contributed by atoms with van der Waals surface area (Å²) < 4.78 is 69.3. The second-order valence-electron chi connectivity index (χ2n) is 7.84. The molecule has 12 nitrogen and oxygen atoms in total. The fraction of sp³-hybridized carbons (Fsp3) is 0.238. The Balaban J connectivity index is 1.70. The molecule has 1 heterocycles. The molecule has 0 aliphatic carbocycles. The Kier molecular flexibility index (Phi) is 7.90. The summed E-state index contributed by atoms with van der Waals surface area (Å²) in [4.78, 5) is 48.7. The lowest BCUT2D eigenvalue weighted by atomic mass is 10.2. The van der Waals surface area contributed by atoms with Crippen LogP contribution in [0.3, 0.4) is 0 Å². The number of aryl methyl sites for hydroxylation is 1. The summed E-state index contributed by atoms with van der Waals surface area (Å²) in [5, 5.41) is -0.552. The van der Waals surface area contributed by atoms with Crippen LogP contribution in [0, 0.1) is 0 Å². The minimum absolute atomic E-state index is 0.0360. The van der Waals surface area contributed by atoms with E-state index in [9.17, 15) is 40.8 Å². The van der Waals surface area contributed by atoms with Gasteiger partial charge in [-0.25, -0.2) is 13.2 Å². The zero-order chi connectivity index (χ0) is 28.6. The van der Waals surface area contributed by atoms with E-state index in [2.05, 4.69) is 4.74 Å². The molecule has 2 amide bonds. The van der Waals surface area contributed by atoms with Crippen LogP contribution in [0.4, 0.5) is 13.2 Å². The summed E-state index contributed by atoms with van der Waals surface area (Å²) in [6, 6.07) is 6.18. The number of nitrogens with one attached hydrogen (secondary N) is 2. The van der Waals surface area contributed by atoms with Crippen molar-refractivity contribution in [2.24, 2.45) is 14.1 Å². The first-order chi connectivity index (χ1) is 17.5. The van der Waals surface area contributed by atoms with E-state index in [-0.39, 0.29) is 21.4 Å². The van der Waals surface area contributed by atoms with Crippen molar-refractivity contribution in [3.8, 4) is 5.75 Å². The number of hydrogen-bond donors (Lipinski definition) is 2. The molecule has 0 aliphatic heterocycles. The molecular formula is C21H19ClF3N5O7S. The Labute approximate surface area is 217 Å². The van der Waals surface area contributed by atoms with Gasteiger partial charge in [0.2, 0.25) is 10.0 Å². The van der Waals surface area contributed by atoms with Gasteiger partial charge in [0.15, 0.2) is 0 Å². The Bertz CT molecular complexity index is 1670. The summed E-state index contributed by atoms with van der Waals surface area (Å²) >= 11 is 5.69. The third-order valence-corrected chi connectivity index (χ3v) is 7.34. The molecule has 0 bridgehead atoms. The van der Waals surface area contributed by atoms with Crippen LogP contribution in [-0.2, 0) is 28.9 Å². The van der Waals surface area contributed by atoms with Crippen LogP contribution in [0.5, 0.6) is 5.75 Å². The second kappa shape index (κ2) is 10.5. The maximum atomic E-state index is 13.0. The molecule has 3 aromatic rings. The van der Waals surface area contributed by atoms with Crippen molar-refractivity contribution in [2.75, 3.05) is 13.6 Å². The minimum atomic E-state index is -4.99. The largest absolute Gasteiger partial charge is 0.573 e. The van der Waals surface area contributed by atoms with E-state index in [1.165, 1.54) is 30.8 Å². The second-order valence-corrected chi connectivity index (χ2v) is 10.3. The molecule has 0 aliphatic rings. The maximum absolute atomic E-state index is 13.0. The fourth-order valence-electron chi connectivity index (χ4n) is 3.29. The molecule has 3 rings (SSSR count). The molecule has 0 saturated heterocycles. The van der Waals surface area contributed by atoms with E-state index < -0.39 is 56.8 Å². The molecule has 0 atom stereocenters. The Morgan fingerprint density at radius 3 is 2.32 bits per heavy atom. The predicted molar refractivity (Wildman–Crippen MR) is 128 cm³/mol. The number of fused-ring (bicyclic) bond motifs is 1. The van der Waals surface area contributed by atoms with Crippen LogP contribution in [0.1, 0.15) is 10.4 Å². The summed E-state index contributed by atoms with van der Waals surface area (Å²) in [6.45, 7) is -0.759. The molecule has 0 fully saturated rings. The maximum Gasteiger partial charge on any atom is 0.573 e. The molecule has 2 aromatic carbocycles. The third kappa shape index (κ3) is 5.98. The molecule has 17 heteroatoms. The highest BCUT2D eigenvalue weighted by atomic mass is 35.5. The van der Waals surface area contributed by atoms with Crippen molar-refractivity contribution in [1.82, 2.24) is 24.3 Å². The quantitative estimate of drug-likeness (QED) is 0.413. The van der Waals surface area contributed by atoms with E-state index in [0.29, 0.717) is 4.31 Å². The van der Waals surface area contributed by atoms with Crippen molar-refractivity contribution in [2.45, 2.75) is 11.3 Å². The first kappa shape index (κ1) is 28.7. The molecule has 0 saturated carbocycles. The van der Waals surface area contributed by atoms with Crippen molar-refractivity contribution in [3.63, 3.8) is 0 Å². The fourth-order valence-corrected chi connectivity index (χ4v) is 4.66. The highest BCUT2D eigenvalue weighted by Crippen LogP contribution is 2.30. The van der Waals surface area contributed by atoms with Crippen LogP contribution in [-0.4, -0.2) is 53.6 Å². The molecule has 2 N–H and O–H groups in total. The van der Waals surface area contributed by atoms with Crippen molar-refractivity contribution >= 4 is 44.3 Å². The average Bonchev–Trinajstić information content (AvgIpc) is 2.84. The van der Waals surface area contributed by atoms with E-state index in [1.54, 1.807) is 0 Å². The average molecular weight is 578 g/mol. The van der Waals surface area contributed by atoms with Gasteiger partial charge >= 0.3 is 12.1 Å². The predicted octanol–water partition coefficient (Wildman–Crippen LogP) is 0.871. The van der Waals surface area contributed by atoms with Crippen molar-refractivity contribution in [1.29, 1.82) is 0 Å². The van der Waals surface area contributed by atoms with Gasteiger partial charge in [0.1, 0.15) is 5.75 Å². The number of likely N-dealkylation sites (N-methyl/N-ethyl adjacent to an activating group) is 1. The van der Waals surface area contributed by atoms with Gasteiger partial charge in [-0.15, -0.1) is 13.2 Å². The summed E-state index contributed by atoms with van der Waals surface area (Å²) in [5.41, 5.74) is 2.64. The summed E-state index contributed by atoms with van der Waals surface area (Å²) in [5.74, 6) is -2.66. The van der Waals surface area contributed by atoms with Crippen LogP contribution in [0.15, 0.2) is 50.9 Å². The number of nitrogens with zero attached hydrogens (tertiary/aromatic N) is 3. The van der Waals surface area contributed by atoms with Gasteiger partial charge in [0.05, 0.1) is 27.4 Å². The third-order valence-electron chi connectivity index (χ3n) is 5.25. The van der Waals surface area contributed by atoms with Gasteiger partial charge in [0, 0.05) is 26.7 Å². The van der Waals surface area contributed by atoms with Crippen LogP contribution in [0.2, 0.25) is 5.02 Å². The van der Waals surface area contributed by atoms with E-state index >= 15 is 0 Å². The normalized spacial score (nSPS) is 12.0. The monoisotopic (exact) mass is 577 g/mol. The Hall–Kier alpha value is -3.89. The van der Waals surface area contributed by atoms with E-state index in [1.807, 2.05) is 10.9 Å². The number of amides is 2. The Morgan fingerprint density at radius 1 is 1.05 bits per heavy atom. The zero-order valence-corrected chi connectivity index (χ0v) is 21.4. The highest BCUT2D eigenvalue weighted by Gasteiger charge is 2.32. The topological polar surface area (TPSA) is 149 Å². The Morgan fingerprint density at radius 2 is 1.71 bits per heavy atom. The minimum Gasteiger partial charge on any atom is -0.404 e. The molecule has 204 valence electrons. The van der Waals surface area contributed by atoms with Gasteiger partial charge in [0.25, 0.3) is 17.4 Å². The zero-order valence-electron chi connectivity index (χ0n) is 19.8. The van der Waals surface area contributed by atoms with Crippen molar-refractivity contribution < 1.29 is 35.9 Å². The molecule has 1 aromatic heterocycles. The standard InChI is InChI=1S/C21H19ClF3N5O7S/c1-28(38(35,36)12-5-6-15-13(9-12)19(33)30(3)20(34)29(15)2)10-17(31)26-27-18(32)11-4-7-16(14(22)8-11)37-21(23,24)25/h4-9H,10H2,1-3H3,(H,26,31)(H,27,32). The SMILES string of the molecule is CN(CC(=O)NNC(=O)c1ccc(OC(F)(F)F)c(Cl)c1)S(=O)(=O)c1ccc2c(c1)c(=O)n(C)c(=O)n2C. The number of benzene rings is 2. The van der Waals surface area contributed by atoms with Gasteiger partial charge in [-0.2, -0.15) is 4.31 Å². The lowest BCUT2D eigenvalue weighted by Crippen LogP contribution is -2.46. The number of carbonyl (C=O) groups excluding carboxylic acids is 2. The van der Waals surface area contributed by atoms with Gasteiger partial charge < -0.3 is 4.74 Å². The first-order valence-electron chi connectivity index (χ1n) is 10.3. The molecule has 0 radical (unpaired) electrons. The molecular weight excluding hydrogens is 559 g/mol. The number of carbonyl (C=O) groups is 2. The smallest absolute Gasteiger partial charge is 0.404 e. The number of halogens is 4. The number of hydrazine groups is 1. The van der Waals surface area contributed by atoms with Crippen molar-refractivity contribution in [3.05, 3.63) is 67.8 Å².